The Hall–Kier alpha value is -0.0800. The standard InChI is InChI=1S/C12H26N2/c1-5-10(2)8-11(3)14-7-6-12(9-14)13-4/h10-13H,5-9H2,1-4H3. The molecule has 0 amide bonds. The molecule has 84 valence electrons. The van der Waals surface area contributed by atoms with E-state index >= 15 is 0 Å². The van der Waals surface area contributed by atoms with E-state index in [0.29, 0.717) is 0 Å². The molecule has 3 unspecified atom stereocenters. The van der Waals surface area contributed by atoms with E-state index in [0.717, 1.165) is 18.0 Å². The lowest BCUT2D eigenvalue weighted by molar-refractivity contribution is 0.218. The van der Waals surface area contributed by atoms with Gasteiger partial charge in [-0.1, -0.05) is 20.3 Å². The van der Waals surface area contributed by atoms with Gasteiger partial charge in [-0.3, -0.25) is 4.90 Å². The van der Waals surface area contributed by atoms with Gasteiger partial charge in [0.2, 0.25) is 0 Å². The number of hydrogen-bond acceptors (Lipinski definition) is 2. The minimum absolute atomic E-state index is 0.731. The van der Waals surface area contributed by atoms with E-state index in [2.05, 4.69) is 38.0 Å². The molecule has 0 spiro atoms. The summed E-state index contributed by atoms with van der Waals surface area (Å²) < 4.78 is 0. The SMILES string of the molecule is CCC(C)CC(C)N1CCC(NC)C1. The van der Waals surface area contributed by atoms with Gasteiger partial charge in [-0.15, -0.1) is 0 Å². The van der Waals surface area contributed by atoms with Crippen LogP contribution in [0, 0.1) is 5.92 Å². The molecule has 0 saturated carbocycles. The van der Waals surface area contributed by atoms with Gasteiger partial charge >= 0.3 is 0 Å². The topological polar surface area (TPSA) is 15.3 Å². The van der Waals surface area contributed by atoms with E-state index in [1.165, 1.54) is 32.4 Å². The molecule has 0 aliphatic carbocycles. The Morgan fingerprint density at radius 1 is 1.43 bits per heavy atom. The largest absolute Gasteiger partial charge is 0.316 e. The minimum atomic E-state index is 0.731. The van der Waals surface area contributed by atoms with Crippen LogP contribution in [0.3, 0.4) is 0 Å². The van der Waals surface area contributed by atoms with Crippen molar-refractivity contribution in [2.24, 2.45) is 5.92 Å². The summed E-state index contributed by atoms with van der Waals surface area (Å²) in [5.74, 6) is 0.874. The molecular weight excluding hydrogens is 172 g/mol. The van der Waals surface area contributed by atoms with Crippen LogP contribution >= 0.6 is 0 Å². The Bertz CT molecular complexity index is 158. The zero-order valence-electron chi connectivity index (χ0n) is 10.2. The van der Waals surface area contributed by atoms with Gasteiger partial charge in [0.15, 0.2) is 0 Å². The highest BCUT2D eigenvalue weighted by Gasteiger charge is 2.25. The third-order valence-electron chi connectivity index (χ3n) is 3.69. The molecule has 2 nitrogen and oxygen atoms in total. The molecule has 1 saturated heterocycles. The average Bonchev–Trinajstić information content (AvgIpc) is 2.65. The van der Waals surface area contributed by atoms with Crippen LogP contribution in [-0.4, -0.2) is 37.1 Å². The van der Waals surface area contributed by atoms with Crippen molar-refractivity contribution in [1.29, 1.82) is 0 Å². The molecule has 1 aliphatic rings. The number of likely N-dealkylation sites (tertiary alicyclic amines) is 1. The van der Waals surface area contributed by atoms with Gasteiger partial charge in [0.25, 0.3) is 0 Å². The number of rotatable bonds is 5. The number of hydrogen-bond donors (Lipinski definition) is 1. The van der Waals surface area contributed by atoms with Crippen LogP contribution in [0.15, 0.2) is 0 Å². The van der Waals surface area contributed by atoms with Crippen LogP contribution in [0.25, 0.3) is 0 Å². The number of likely N-dealkylation sites (N-methyl/N-ethyl adjacent to an activating group) is 1. The summed E-state index contributed by atoms with van der Waals surface area (Å²) in [6.07, 6.45) is 3.99. The maximum absolute atomic E-state index is 3.37. The zero-order chi connectivity index (χ0) is 10.6. The van der Waals surface area contributed by atoms with E-state index in [9.17, 15) is 0 Å². The Balaban J connectivity index is 2.28. The third-order valence-corrected chi connectivity index (χ3v) is 3.69. The summed E-state index contributed by atoms with van der Waals surface area (Å²) in [5, 5.41) is 3.37. The molecule has 14 heavy (non-hydrogen) atoms. The first-order valence-corrected chi connectivity index (χ1v) is 6.08. The van der Waals surface area contributed by atoms with E-state index in [1.807, 2.05) is 0 Å². The Morgan fingerprint density at radius 3 is 2.64 bits per heavy atom. The maximum atomic E-state index is 3.37. The van der Waals surface area contributed by atoms with E-state index < -0.39 is 0 Å². The van der Waals surface area contributed by atoms with Crippen LogP contribution < -0.4 is 5.32 Å². The van der Waals surface area contributed by atoms with Crippen molar-refractivity contribution in [3.8, 4) is 0 Å². The predicted octanol–water partition coefficient (Wildman–Crippen LogP) is 2.10. The molecule has 0 bridgehead atoms. The van der Waals surface area contributed by atoms with Gasteiger partial charge in [-0.2, -0.15) is 0 Å². The second-order valence-corrected chi connectivity index (χ2v) is 4.87. The zero-order valence-corrected chi connectivity index (χ0v) is 10.2. The number of nitrogens with zero attached hydrogens (tertiary/aromatic N) is 1. The summed E-state index contributed by atoms with van der Waals surface area (Å²) in [5.41, 5.74) is 0. The number of nitrogens with one attached hydrogen (secondary N) is 1. The fourth-order valence-corrected chi connectivity index (χ4v) is 2.32. The highest BCUT2D eigenvalue weighted by molar-refractivity contribution is 4.83. The Labute approximate surface area is 89.1 Å². The van der Waals surface area contributed by atoms with Crippen LogP contribution in [0.1, 0.15) is 40.0 Å². The van der Waals surface area contributed by atoms with Crippen LogP contribution in [0.2, 0.25) is 0 Å². The van der Waals surface area contributed by atoms with Crippen molar-refractivity contribution in [1.82, 2.24) is 10.2 Å². The van der Waals surface area contributed by atoms with Crippen molar-refractivity contribution in [2.45, 2.75) is 52.1 Å². The fourth-order valence-electron chi connectivity index (χ4n) is 2.32. The second-order valence-electron chi connectivity index (χ2n) is 4.87. The molecular formula is C12H26N2. The molecule has 1 rings (SSSR count). The molecule has 0 aromatic heterocycles. The van der Waals surface area contributed by atoms with Gasteiger partial charge in [-0.25, -0.2) is 0 Å². The highest BCUT2D eigenvalue weighted by atomic mass is 15.2. The van der Waals surface area contributed by atoms with Crippen molar-refractivity contribution in [3.63, 3.8) is 0 Å². The molecule has 0 radical (unpaired) electrons. The smallest absolute Gasteiger partial charge is 0.0204 e. The van der Waals surface area contributed by atoms with Crippen LogP contribution in [0.5, 0.6) is 0 Å². The molecule has 1 aliphatic heterocycles. The maximum Gasteiger partial charge on any atom is 0.0204 e. The fraction of sp³-hybridized carbons (Fsp3) is 1.00. The second kappa shape index (κ2) is 5.72. The lowest BCUT2D eigenvalue weighted by Crippen LogP contribution is -2.35. The third kappa shape index (κ3) is 3.25. The molecule has 1 N–H and O–H groups in total. The van der Waals surface area contributed by atoms with Crippen LogP contribution in [0.4, 0.5) is 0 Å². The van der Waals surface area contributed by atoms with E-state index in [4.69, 9.17) is 0 Å². The first-order chi connectivity index (χ1) is 6.67. The van der Waals surface area contributed by atoms with Crippen molar-refractivity contribution in [3.05, 3.63) is 0 Å². The highest BCUT2D eigenvalue weighted by Crippen LogP contribution is 2.19. The monoisotopic (exact) mass is 198 g/mol. The summed E-state index contributed by atoms with van der Waals surface area (Å²) in [6.45, 7) is 9.56. The summed E-state index contributed by atoms with van der Waals surface area (Å²) in [7, 11) is 2.08. The Kier molecular flexibility index (Phi) is 4.90. The van der Waals surface area contributed by atoms with Gasteiger partial charge in [0, 0.05) is 25.2 Å². The predicted molar refractivity (Wildman–Crippen MR) is 62.6 cm³/mol. The molecule has 2 heteroatoms. The molecule has 3 atom stereocenters. The average molecular weight is 198 g/mol. The van der Waals surface area contributed by atoms with Crippen molar-refractivity contribution < 1.29 is 0 Å². The van der Waals surface area contributed by atoms with Crippen molar-refractivity contribution >= 4 is 0 Å². The lowest BCUT2D eigenvalue weighted by atomic mass is 10.00. The van der Waals surface area contributed by atoms with Crippen molar-refractivity contribution in [2.75, 3.05) is 20.1 Å². The van der Waals surface area contributed by atoms with Gasteiger partial charge in [0.1, 0.15) is 0 Å². The first-order valence-electron chi connectivity index (χ1n) is 6.08. The lowest BCUT2D eigenvalue weighted by Gasteiger charge is -2.26. The van der Waals surface area contributed by atoms with E-state index in [1.54, 1.807) is 0 Å². The minimum Gasteiger partial charge on any atom is -0.316 e. The summed E-state index contributed by atoms with van der Waals surface area (Å²) in [6, 6.07) is 1.50. The quantitative estimate of drug-likeness (QED) is 0.728. The molecule has 0 aromatic carbocycles. The van der Waals surface area contributed by atoms with Gasteiger partial charge < -0.3 is 5.32 Å². The normalized spacial score (nSPS) is 27.9. The van der Waals surface area contributed by atoms with Crippen LogP contribution in [-0.2, 0) is 0 Å². The summed E-state index contributed by atoms with van der Waals surface area (Å²) in [4.78, 5) is 2.63. The molecule has 1 fully saturated rings. The van der Waals surface area contributed by atoms with Gasteiger partial charge in [-0.05, 0) is 32.7 Å². The van der Waals surface area contributed by atoms with Gasteiger partial charge in [0.05, 0.1) is 0 Å². The summed E-state index contributed by atoms with van der Waals surface area (Å²) >= 11 is 0. The molecule has 0 aromatic rings. The molecule has 1 heterocycles. The first kappa shape index (κ1) is 12.0. The Morgan fingerprint density at radius 2 is 2.14 bits per heavy atom. The van der Waals surface area contributed by atoms with E-state index in [-0.39, 0.29) is 0 Å².